The van der Waals surface area contributed by atoms with Crippen molar-refractivity contribution in [3.63, 3.8) is 0 Å². The first-order chi connectivity index (χ1) is 9.62. The SMILES string of the molecule is CC(C)(C)CC1(c2cccc(C(F)(F)F)c2)CCCCN1. The van der Waals surface area contributed by atoms with Gasteiger partial charge in [0.15, 0.2) is 0 Å². The van der Waals surface area contributed by atoms with E-state index in [1.807, 2.05) is 6.07 Å². The number of hydrogen-bond donors (Lipinski definition) is 1. The maximum atomic E-state index is 13.0. The highest BCUT2D eigenvalue weighted by Crippen LogP contribution is 2.41. The molecule has 1 nitrogen and oxygen atoms in total. The van der Waals surface area contributed by atoms with Crippen LogP contribution in [-0.2, 0) is 11.7 Å². The van der Waals surface area contributed by atoms with E-state index >= 15 is 0 Å². The van der Waals surface area contributed by atoms with Gasteiger partial charge in [-0.2, -0.15) is 13.2 Å². The van der Waals surface area contributed by atoms with Crippen LogP contribution in [0, 0.1) is 5.41 Å². The highest BCUT2D eigenvalue weighted by molar-refractivity contribution is 5.32. The molecule has 0 aliphatic carbocycles. The zero-order valence-corrected chi connectivity index (χ0v) is 13.0. The number of halogens is 3. The van der Waals surface area contributed by atoms with Crippen LogP contribution in [0.1, 0.15) is 57.6 Å². The highest BCUT2D eigenvalue weighted by Gasteiger charge is 2.39. The van der Waals surface area contributed by atoms with Crippen LogP contribution in [0.4, 0.5) is 13.2 Å². The van der Waals surface area contributed by atoms with Gasteiger partial charge >= 0.3 is 6.18 Å². The smallest absolute Gasteiger partial charge is 0.307 e. The molecule has 1 aliphatic heterocycles. The van der Waals surface area contributed by atoms with Crippen LogP contribution in [0.3, 0.4) is 0 Å². The molecule has 21 heavy (non-hydrogen) atoms. The normalized spacial score (nSPS) is 24.1. The largest absolute Gasteiger partial charge is 0.416 e. The minimum atomic E-state index is -4.28. The van der Waals surface area contributed by atoms with Gasteiger partial charge in [0.05, 0.1) is 5.56 Å². The molecule has 118 valence electrons. The summed E-state index contributed by atoms with van der Waals surface area (Å²) in [6.45, 7) is 7.28. The van der Waals surface area contributed by atoms with E-state index in [-0.39, 0.29) is 11.0 Å². The van der Waals surface area contributed by atoms with E-state index in [2.05, 4.69) is 26.1 Å². The second-order valence-corrected chi connectivity index (χ2v) is 7.28. The Balaban J connectivity index is 2.42. The maximum absolute atomic E-state index is 13.0. The Morgan fingerprint density at radius 2 is 1.86 bits per heavy atom. The Kier molecular flexibility index (Phi) is 4.39. The molecular weight excluding hydrogens is 275 g/mol. The second kappa shape index (κ2) is 5.64. The summed E-state index contributed by atoms with van der Waals surface area (Å²) in [7, 11) is 0. The van der Waals surface area contributed by atoms with Gasteiger partial charge in [0.2, 0.25) is 0 Å². The first-order valence-corrected chi connectivity index (χ1v) is 7.55. The third kappa shape index (κ3) is 4.00. The van der Waals surface area contributed by atoms with Crippen LogP contribution in [-0.4, -0.2) is 6.54 Å². The second-order valence-electron chi connectivity index (χ2n) is 7.28. The molecule has 1 unspecified atom stereocenters. The fraction of sp³-hybridized carbons (Fsp3) is 0.647. The maximum Gasteiger partial charge on any atom is 0.416 e. The quantitative estimate of drug-likeness (QED) is 0.800. The van der Waals surface area contributed by atoms with Gasteiger partial charge in [-0.1, -0.05) is 39.3 Å². The van der Waals surface area contributed by atoms with E-state index in [1.54, 1.807) is 0 Å². The molecular formula is C17H24F3N. The molecule has 1 aliphatic rings. The van der Waals surface area contributed by atoms with E-state index in [4.69, 9.17) is 0 Å². The number of benzene rings is 1. The summed E-state index contributed by atoms with van der Waals surface area (Å²) in [5.74, 6) is 0. The minimum absolute atomic E-state index is 0.0541. The van der Waals surface area contributed by atoms with Crippen molar-refractivity contribution in [3.05, 3.63) is 35.4 Å². The summed E-state index contributed by atoms with van der Waals surface area (Å²) in [5.41, 5.74) is -0.0660. The third-order valence-corrected chi connectivity index (χ3v) is 4.07. The molecule has 1 atom stereocenters. The summed E-state index contributed by atoms with van der Waals surface area (Å²) < 4.78 is 38.9. The molecule has 1 aromatic carbocycles. The van der Waals surface area contributed by atoms with E-state index in [1.165, 1.54) is 12.1 Å². The molecule has 0 amide bonds. The van der Waals surface area contributed by atoms with Crippen molar-refractivity contribution >= 4 is 0 Å². The van der Waals surface area contributed by atoms with Crippen LogP contribution >= 0.6 is 0 Å². The molecule has 0 spiro atoms. The molecule has 1 heterocycles. The zero-order valence-electron chi connectivity index (χ0n) is 13.0. The van der Waals surface area contributed by atoms with Gasteiger partial charge in [-0.05, 0) is 48.9 Å². The van der Waals surface area contributed by atoms with E-state index in [0.29, 0.717) is 0 Å². The van der Waals surface area contributed by atoms with Crippen molar-refractivity contribution in [3.8, 4) is 0 Å². The Bertz CT molecular complexity index is 480. The molecule has 1 aromatic rings. The number of rotatable bonds is 2. The number of alkyl halides is 3. The first kappa shape index (κ1) is 16.3. The molecule has 1 N–H and O–H groups in total. The highest BCUT2D eigenvalue weighted by atomic mass is 19.4. The molecule has 1 fully saturated rings. The molecule has 1 saturated heterocycles. The summed E-state index contributed by atoms with van der Waals surface area (Å²) in [5, 5.41) is 3.52. The summed E-state index contributed by atoms with van der Waals surface area (Å²) in [6, 6.07) is 5.83. The molecule has 0 aromatic heterocycles. The van der Waals surface area contributed by atoms with Crippen LogP contribution in [0.25, 0.3) is 0 Å². The zero-order chi connectivity index (χ0) is 15.7. The molecule has 0 saturated carbocycles. The molecule has 0 bridgehead atoms. The lowest BCUT2D eigenvalue weighted by atomic mass is 9.71. The first-order valence-electron chi connectivity index (χ1n) is 7.55. The minimum Gasteiger partial charge on any atom is -0.307 e. The van der Waals surface area contributed by atoms with Crippen molar-refractivity contribution in [1.82, 2.24) is 5.32 Å². The van der Waals surface area contributed by atoms with Crippen LogP contribution in [0.5, 0.6) is 0 Å². The Morgan fingerprint density at radius 1 is 1.14 bits per heavy atom. The Labute approximate surface area is 124 Å². The fourth-order valence-corrected chi connectivity index (χ4v) is 3.37. The molecule has 2 rings (SSSR count). The van der Waals surface area contributed by atoms with Gasteiger partial charge in [-0.3, -0.25) is 0 Å². The average molecular weight is 299 g/mol. The standard InChI is InChI=1S/C17H24F3N/c1-15(2,3)12-16(9-4-5-10-21-16)13-7-6-8-14(11-13)17(18,19)20/h6-8,11,21H,4-5,9-10,12H2,1-3H3. The van der Waals surface area contributed by atoms with Crippen LogP contribution in [0.2, 0.25) is 0 Å². The average Bonchev–Trinajstić information content (AvgIpc) is 2.37. The van der Waals surface area contributed by atoms with Gasteiger partial charge in [0.1, 0.15) is 0 Å². The van der Waals surface area contributed by atoms with Gasteiger partial charge in [0, 0.05) is 5.54 Å². The van der Waals surface area contributed by atoms with Crippen LogP contribution < -0.4 is 5.32 Å². The number of hydrogen-bond acceptors (Lipinski definition) is 1. The van der Waals surface area contributed by atoms with Crippen molar-refractivity contribution in [2.75, 3.05) is 6.54 Å². The lowest BCUT2D eigenvalue weighted by Gasteiger charge is -2.43. The molecule has 0 radical (unpaired) electrons. The van der Waals surface area contributed by atoms with Crippen LogP contribution in [0.15, 0.2) is 24.3 Å². The topological polar surface area (TPSA) is 12.0 Å². The van der Waals surface area contributed by atoms with E-state index in [0.717, 1.165) is 43.9 Å². The Morgan fingerprint density at radius 3 is 2.38 bits per heavy atom. The van der Waals surface area contributed by atoms with E-state index < -0.39 is 11.7 Å². The third-order valence-electron chi connectivity index (χ3n) is 4.07. The summed E-state index contributed by atoms with van der Waals surface area (Å²) in [4.78, 5) is 0. The summed E-state index contributed by atoms with van der Waals surface area (Å²) in [6.07, 6.45) is -0.412. The van der Waals surface area contributed by atoms with Gasteiger partial charge in [0.25, 0.3) is 0 Å². The predicted molar refractivity (Wildman–Crippen MR) is 79.0 cm³/mol. The van der Waals surface area contributed by atoms with Gasteiger partial charge in [-0.25, -0.2) is 0 Å². The van der Waals surface area contributed by atoms with Crippen molar-refractivity contribution in [1.29, 1.82) is 0 Å². The number of nitrogens with one attached hydrogen (secondary N) is 1. The predicted octanol–water partition coefficient (Wildman–Crippen LogP) is 5.11. The van der Waals surface area contributed by atoms with Gasteiger partial charge in [-0.15, -0.1) is 0 Å². The monoisotopic (exact) mass is 299 g/mol. The van der Waals surface area contributed by atoms with Crippen molar-refractivity contribution in [2.45, 2.75) is 58.2 Å². The van der Waals surface area contributed by atoms with Gasteiger partial charge < -0.3 is 5.32 Å². The number of piperidine rings is 1. The lowest BCUT2D eigenvalue weighted by molar-refractivity contribution is -0.137. The lowest BCUT2D eigenvalue weighted by Crippen LogP contribution is -2.48. The van der Waals surface area contributed by atoms with E-state index in [9.17, 15) is 13.2 Å². The van der Waals surface area contributed by atoms with Crippen molar-refractivity contribution < 1.29 is 13.2 Å². The summed E-state index contributed by atoms with van der Waals surface area (Å²) >= 11 is 0. The van der Waals surface area contributed by atoms with Crippen molar-refractivity contribution in [2.24, 2.45) is 5.41 Å². The molecule has 4 heteroatoms. The Hall–Kier alpha value is -1.03. The fourth-order valence-electron chi connectivity index (χ4n) is 3.37.